The lowest BCUT2D eigenvalue weighted by molar-refractivity contribution is -0.0606. The largest absolute Gasteiger partial charge is 0.381 e. The van der Waals surface area contributed by atoms with Crippen LogP contribution in [0.4, 0.5) is 0 Å². The number of nitrogens with zero attached hydrogens (tertiary/aromatic N) is 1. The first-order valence-corrected chi connectivity index (χ1v) is 10.6. The topological polar surface area (TPSA) is 51.5 Å². The summed E-state index contributed by atoms with van der Waals surface area (Å²) in [4.78, 5) is 0. The van der Waals surface area contributed by atoms with Crippen molar-refractivity contribution < 1.29 is 14.2 Å². The molecule has 1 aliphatic heterocycles. The third-order valence-electron chi connectivity index (χ3n) is 5.37. The summed E-state index contributed by atoms with van der Waals surface area (Å²) in [5.41, 5.74) is 3.40. The summed E-state index contributed by atoms with van der Waals surface area (Å²) in [6.45, 7) is 2.96. The number of benzene rings is 1. The minimum absolute atomic E-state index is 0.284. The highest BCUT2D eigenvalue weighted by Crippen LogP contribution is 2.36. The van der Waals surface area contributed by atoms with Crippen LogP contribution in [-0.4, -0.2) is 38.6 Å². The molecule has 1 aromatic carbocycles. The Kier molecular flexibility index (Phi) is 6.21. The molecule has 0 spiro atoms. The van der Waals surface area contributed by atoms with Crippen LogP contribution in [0.1, 0.15) is 43.2 Å². The van der Waals surface area contributed by atoms with Gasteiger partial charge >= 0.3 is 0 Å². The van der Waals surface area contributed by atoms with Crippen molar-refractivity contribution in [2.24, 2.45) is 0 Å². The van der Waals surface area contributed by atoms with Crippen molar-refractivity contribution in [2.45, 2.75) is 44.3 Å². The van der Waals surface area contributed by atoms with Gasteiger partial charge in [0.2, 0.25) is 0 Å². The molecule has 5 heteroatoms. The number of thiophene rings is 1. The summed E-state index contributed by atoms with van der Waals surface area (Å²) in [5.74, 6) is 0. The van der Waals surface area contributed by atoms with Crippen molar-refractivity contribution in [3.8, 4) is 6.07 Å². The molecule has 2 aliphatic rings. The lowest BCUT2D eigenvalue weighted by atomic mass is 9.91. The maximum absolute atomic E-state index is 9.16. The van der Waals surface area contributed by atoms with Gasteiger partial charge in [-0.3, -0.25) is 0 Å². The van der Waals surface area contributed by atoms with Gasteiger partial charge in [-0.05, 0) is 66.8 Å². The number of rotatable bonds is 6. The third-order valence-corrected chi connectivity index (χ3v) is 6.33. The summed E-state index contributed by atoms with van der Waals surface area (Å²) in [5, 5.41) is 12.6. The van der Waals surface area contributed by atoms with Gasteiger partial charge in [-0.25, -0.2) is 0 Å². The average Bonchev–Trinajstić information content (AvgIpc) is 3.15. The summed E-state index contributed by atoms with van der Waals surface area (Å²) in [6.07, 6.45) is 7.94. The molecule has 0 saturated carbocycles. The fourth-order valence-electron chi connectivity index (χ4n) is 3.83. The van der Waals surface area contributed by atoms with Crippen LogP contribution in [0.2, 0.25) is 0 Å². The van der Waals surface area contributed by atoms with Gasteiger partial charge in [-0.1, -0.05) is 6.08 Å². The molecule has 0 N–H and O–H groups in total. The average molecular weight is 384 g/mol. The normalized spacial score (nSPS) is 21.1. The molecule has 2 aromatic rings. The maximum atomic E-state index is 9.16. The molecule has 0 bridgehead atoms. The van der Waals surface area contributed by atoms with E-state index in [1.165, 1.54) is 21.2 Å². The van der Waals surface area contributed by atoms with Crippen LogP contribution in [0.25, 0.3) is 15.7 Å². The smallest absolute Gasteiger partial charge is 0.0991 e. The lowest BCUT2D eigenvalue weighted by Gasteiger charge is -2.24. The van der Waals surface area contributed by atoms with Gasteiger partial charge in [0.1, 0.15) is 0 Å². The molecule has 142 valence electrons. The summed E-state index contributed by atoms with van der Waals surface area (Å²) in [6, 6.07) is 8.20. The van der Waals surface area contributed by atoms with Gasteiger partial charge in [-0.15, -0.1) is 11.3 Å². The third kappa shape index (κ3) is 4.59. The molecule has 0 radical (unpaired) electrons. The fourth-order valence-corrected chi connectivity index (χ4v) is 4.79. The van der Waals surface area contributed by atoms with E-state index in [-0.39, 0.29) is 6.10 Å². The Morgan fingerprint density at radius 3 is 2.67 bits per heavy atom. The van der Waals surface area contributed by atoms with Gasteiger partial charge in [0.05, 0.1) is 37.1 Å². The number of allylic oxidation sites excluding steroid dienone is 1. The van der Waals surface area contributed by atoms with Crippen molar-refractivity contribution in [3.63, 3.8) is 0 Å². The SMILES string of the molecule is N#Cc1ccc2scc(C3=CCC(OCCOC4CCOCC4)CC3)c2c1. The van der Waals surface area contributed by atoms with Gasteiger partial charge in [0, 0.05) is 23.3 Å². The predicted octanol–water partition coefficient (Wildman–Crippen LogP) is 4.92. The van der Waals surface area contributed by atoms with E-state index in [2.05, 4.69) is 23.6 Å². The number of fused-ring (bicyclic) bond motifs is 1. The first kappa shape index (κ1) is 18.6. The molecule has 1 atom stereocenters. The number of nitriles is 1. The van der Waals surface area contributed by atoms with E-state index in [0.717, 1.165) is 50.9 Å². The molecule has 27 heavy (non-hydrogen) atoms. The van der Waals surface area contributed by atoms with Crippen LogP contribution in [0.15, 0.2) is 29.7 Å². The van der Waals surface area contributed by atoms with E-state index in [1.54, 1.807) is 11.3 Å². The van der Waals surface area contributed by atoms with Crippen molar-refractivity contribution in [1.29, 1.82) is 5.26 Å². The lowest BCUT2D eigenvalue weighted by Crippen LogP contribution is -2.26. The van der Waals surface area contributed by atoms with Gasteiger partial charge in [-0.2, -0.15) is 5.26 Å². The van der Waals surface area contributed by atoms with E-state index < -0.39 is 0 Å². The first-order chi connectivity index (χ1) is 13.3. The van der Waals surface area contributed by atoms with Gasteiger partial charge in [0.15, 0.2) is 0 Å². The van der Waals surface area contributed by atoms with E-state index in [0.29, 0.717) is 19.3 Å². The summed E-state index contributed by atoms with van der Waals surface area (Å²) >= 11 is 1.75. The molecule has 0 amide bonds. The highest BCUT2D eigenvalue weighted by atomic mass is 32.1. The van der Waals surface area contributed by atoms with Crippen molar-refractivity contribution >= 4 is 27.0 Å². The van der Waals surface area contributed by atoms with Gasteiger partial charge in [0.25, 0.3) is 0 Å². The molecule has 1 aromatic heterocycles. The van der Waals surface area contributed by atoms with E-state index in [4.69, 9.17) is 19.5 Å². The summed E-state index contributed by atoms with van der Waals surface area (Å²) < 4.78 is 18.5. The minimum Gasteiger partial charge on any atom is -0.381 e. The number of hydrogen-bond acceptors (Lipinski definition) is 5. The van der Waals surface area contributed by atoms with E-state index in [1.807, 2.05) is 12.1 Å². The molecule has 2 heterocycles. The minimum atomic E-state index is 0.284. The Balaban J connectivity index is 1.29. The van der Waals surface area contributed by atoms with E-state index in [9.17, 15) is 0 Å². The highest BCUT2D eigenvalue weighted by Gasteiger charge is 2.19. The second kappa shape index (κ2) is 8.99. The first-order valence-electron chi connectivity index (χ1n) is 9.75. The zero-order chi connectivity index (χ0) is 18.5. The van der Waals surface area contributed by atoms with Gasteiger partial charge < -0.3 is 14.2 Å². The second-order valence-corrected chi connectivity index (χ2v) is 8.06. The van der Waals surface area contributed by atoms with Crippen LogP contribution >= 0.6 is 11.3 Å². The molecule has 4 rings (SSSR count). The van der Waals surface area contributed by atoms with Crippen LogP contribution < -0.4 is 0 Å². The van der Waals surface area contributed by atoms with E-state index >= 15 is 0 Å². The molecule has 1 unspecified atom stereocenters. The zero-order valence-electron chi connectivity index (χ0n) is 15.5. The Hall–Kier alpha value is -1.71. The van der Waals surface area contributed by atoms with Crippen LogP contribution in [0.3, 0.4) is 0 Å². The van der Waals surface area contributed by atoms with Crippen LogP contribution in [0, 0.1) is 11.3 Å². The molecule has 4 nitrogen and oxygen atoms in total. The zero-order valence-corrected chi connectivity index (χ0v) is 16.3. The predicted molar refractivity (Wildman–Crippen MR) is 108 cm³/mol. The number of ether oxygens (including phenoxy) is 3. The standard InChI is InChI=1S/C22H25NO3S/c23-14-16-1-6-22-20(13-16)21(15-27-22)17-2-4-18(5-3-17)25-11-12-26-19-7-9-24-10-8-19/h1-2,6,13,15,18-19H,3-5,7-12H2. The Morgan fingerprint density at radius 2 is 1.93 bits per heavy atom. The molecule has 1 aliphatic carbocycles. The second-order valence-electron chi connectivity index (χ2n) is 7.15. The Bertz CT molecular complexity index is 845. The van der Waals surface area contributed by atoms with Crippen molar-refractivity contribution in [3.05, 3.63) is 40.8 Å². The quantitative estimate of drug-likeness (QED) is 0.664. The maximum Gasteiger partial charge on any atom is 0.0991 e. The monoisotopic (exact) mass is 383 g/mol. The van der Waals surface area contributed by atoms with Crippen LogP contribution in [0.5, 0.6) is 0 Å². The fraction of sp³-hybridized carbons (Fsp3) is 0.500. The molecule has 1 saturated heterocycles. The Labute approximate surface area is 164 Å². The van der Waals surface area contributed by atoms with Crippen molar-refractivity contribution in [2.75, 3.05) is 26.4 Å². The highest BCUT2D eigenvalue weighted by molar-refractivity contribution is 7.17. The van der Waals surface area contributed by atoms with Crippen molar-refractivity contribution in [1.82, 2.24) is 0 Å². The molecular weight excluding hydrogens is 358 g/mol. The Morgan fingerprint density at radius 1 is 1.11 bits per heavy atom. The summed E-state index contributed by atoms with van der Waals surface area (Å²) in [7, 11) is 0. The van der Waals surface area contributed by atoms with Crippen LogP contribution in [-0.2, 0) is 14.2 Å². The number of hydrogen-bond donors (Lipinski definition) is 0. The molecule has 1 fully saturated rings. The molecular formula is C22H25NO3S.